The maximum Gasteiger partial charge on any atom is 0.280 e. The van der Waals surface area contributed by atoms with E-state index in [9.17, 15) is 18.0 Å². The number of hydrogen-bond donors (Lipinski definition) is 2. The van der Waals surface area contributed by atoms with Crippen molar-refractivity contribution in [2.45, 2.75) is 32.6 Å². The smallest absolute Gasteiger partial charge is 0.280 e. The van der Waals surface area contributed by atoms with Gasteiger partial charge in [-0.2, -0.15) is 0 Å². The molecule has 0 radical (unpaired) electrons. The molecule has 1 aliphatic rings. The number of nitrogens with zero attached hydrogens (tertiary/aromatic N) is 2. The second kappa shape index (κ2) is 6.49. The van der Waals surface area contributed by atoms with Crippen molar-refractivity contribution in [3.05, 3.63) is 51.5 Å². The van der Waals surface area contributed by atoms with Gasteiger partial charge in [-0.05, 0) is 44.4 Å². The van der Waals surface area contributed by atoms with E-state index in [2.05, 4.69) is 20.8 Å². The largest absolute Gasteiger partial charge is 0.295 e. The number of rotatable bonds is 4. The van der Waals surface area contributed by atoms with E-state index in [1.54, 1.807) is 6.92 Å². The van der Waals surface area contributed by atoms with Gasteiger partial charge in [-0.1, -0.05) is 0 Å². The summed E-state index contributed by atoms with van der Waals surface area (Å²) < 4.78 is 40.0. The van der Waals surface area contributed by atoms with Crippen molar-refractivity contribution < 1.29 is 18.0 Å². The molecule has 1 aliphatic carbocycles. The molecule has 1 saturated carbocycles. The van der Waals surface area contributed by atoms with Crippen molar-refractivity contribution in [3.8, 4) is 0 Å². The van der Waals surface area contributed by atoms with Crippen LogP contribution in [0.3, 0.4) is 0 Å². The number of thiophene rings is 1. The molecule has 0 atom stereocenters. The van der Waals surface area contributed by atoms with E-state index in [-0.39, 0.29) is 5.69 Å². The van der Waals surface area contributed by atoms with E-state index in [1.165, 1.54) is 11.3 Å². The molecular weight excluding hydrogens is 377 g/mol. The van der Waals surface area contributed by atoms with Crippen LogP contribution < -0.4 is 10.9 Å². The van der Waals surface area contributed by atoms with Gasteiger partial charge in [0.15, 0.2) is 17.5 Å². The van der Waals surface area contributed by atoms with Crippen LogP contribution in [0.2, 0.25) is 0 Å². The number of halogens is 3. The van der Waals surface area contributed by atoms with Crippen LogP contribution in [0.25, 0.3) is 10.2 Å². The molecule has 27 heavy (non-hydrogen) atoms. The van der Waals surface area contributed by atoms with Gasteiger partial charge in [-0.3, -0.25) is 15.6 Å². The molecule has 0 saturated heterocycles. The summed E-state index contributed by atoms with van der Waals surface area (Å²) in [5.41, 5.74) is 5.78. The Labute approximate surface area is 156 Å². The van der Waals surface area contributed by atoms with Gasteiger partial charge in [0.05, 0.1) is 16.3 Å². The first-order valence-electron chi connectivity index (χ1n) is 8.34. The second-order valence-corrected chi connectivity index (χ2v) is 7.48. The summed E-state index contributed by atoms with van der Waals surface area (Å²) in [7, 11) is 0. The fourth-order valence-electron chi connectivity index (χ4n) is 2.90. The molecule has 2 aromatic heterocycles. The molecule has 1 fully saturated rings. The lowest BCUT2D eigenvalue weighted by Crippen LogP contribution is -2.29. The number of hydrogen-bond acceptors (Lipinski definition) is 5. The van der Waals surface area contributed by atoms with E-state index in [0.29, 0.717) is 10.8 Å². The third-order valence-corrected chi connectivity index (χ3v) is 5.67. The zero-order valence-corrected chi connectivity index (χ0v) is 15.3. The molecule has 0 aliphatic heterocycles. The van der Waals surface area contributed by atoms with Crippen LogP contribution in [0, 0.1) is 31.3 Å². The van der Waals surface area contributed by atoms with Gasteiger partial charge in [0, 0.05) is 11.3 Å². The Hall–Kier alpha value is -2.68. The van der Waals surface area contributed by atoms with Gasteiger partial charge in [-0.25, -0.2) is 23.1 Å². The van der Waals surface area contributed by atoms with Crippen molar-refractivity contribution in [1.29, 1.82) is 0 Å². The SMILES string of the molecule is Cc1nc(C2CC2)nc2sc(C(=O)NNc3ccc(F)c(F)c3F)c(C)c12. The average molecular weight is 392 g/mol. The number of nitrogens with one attached hydrogen (secondary N) is 2. The first-order valence-corrected chi connectivity index (χ1v) is 9.16. The van der Waals surface area contributed by atoms with Crippen LogP contribution in [0.4, 0.5) is 18.9 Å². The molecular formula is C18H15F3N4OS. The molecule has 1 amide bonds. The summed E-state index contributed by atoms with van der Waals surface area (Å²) in [6, 6.07) is 1.78. The van der Waals surface area contributed by atoms with E-state index < -0.39 is 23.4 Å². The van der Waals surface area contributed by atoms with Gasteiger partial charge in [0.1, 0.15) is 10.7 Å². The molecule has 2 N–H and O–H groups in total. The molecule has 4 rings (SSSR count). The number of benzene rings is 1. The Balaban J connectivity index is 1.60. The van der Waals surface area contributed by atoms with E-state index in [4.69, 9.17) is 0 Å². The summed E-state index contributed by atoms with van der Waals surface area (Å²) in [6.07, 6.45) is 2.15. The lowest BCUT2D eigenvalue weighted by Gasteiger charge is -2.09. The zero-order chi connectivity index (χ0) is 19.3. The summed E-state index contributed by atoms with van der Waals surface area (Å²) in [4.78, 5) is 22.7. The molecule has 0 bridgehead atoms. The Kier molecular flexibility index (Phi) is 4.26. The van der Waals surface area contributed by atoms with Crippen LogP contribution in [-0.4, -0.2) is 15.9 Å². The Bertz CT molecular complexity index is 1080. The highest BCUT2D eigenvalue weighted by Gasteiger charge is 2.28. The van der Waals surface area contributed by atoms with Crippen molar-refractivity contribution in [2.24, 2.45) is 0 Å². The average Bonchev–Trinajstić information content (AvgIpc) is 3.43. The molecule has 5 nitrogen and oxygen atoms in total. The number of anilines is 1. The number of amides is 1. The minimum absolute atomic E-state index is 0.368. The molecule has 1 aromatic carbocycles. The predicted octanol–water partition coefficient (Wildman–Crippen LogP) is 4.36. The van der Waals surface area contributed by atoms with E-state index in [1.807, 2.05) is 6.92 Å². The molecule has 140 valence electrons. The third kappa shape index (κ3) is 3.12. The number of fused-ring (bicyclic) bond motifs is 1. The first-order chi connectivity index (χ1) is 12.9. The molecule has 0 spiro atoms. The molecule has 0 unspecified atom stereocenters. The summed E-state index contributed by atoms with van der Waals surface area (Å²) in [6.45, 7) is 3.67. The maximum absolute atomic E-state index is 13.7. The van der Waals surface area contributed by atoms with Crippen LogP contribution >= 0.6 is 11.3 Å². The van der Waals surface area contributed by atoms with E-state index >= 15 is 0 Å². The van der Waals surface area contributed by atoms with Gasteiger partial charge < -0.3 is 0 Å². The monoisotopic (exact) mass is 392 g/mol. The standard InChI is InChI=1S/C18H15F3N4OS/c1-7-12-8(2)22-16(9-3-4-9)23-18(12)27-15(7)17(26)25-24-11-6-5-10(19)13(20)14(11)21/h5-6,9,24H,3-4H2,1-2H3,(H,25,26). The van der Waals surface area contributed by atoms with Gasteiger partial charge in [-0.15, -0.1) is 11.3 Å². The van der Waals surface area contributed by atoms with Crippen LogP contribution in [0.5, 0.6) is 0 Å². The highest BCUT2D eigenvalue weighted by molar-refractivity contribution is 7.20. The Morgan fingerprint density at radius 1 is 1.15 bits per heavy atom. The minimum Gasteiger partial charge on any atom is -0.295 e. The predicted molar refractivity (Wildman–Crippen MR) is 96.3 cm³/mol. The molecule has 2 heterocycles. The topological polar surface area (TPSA) is 66.9 Å². The van der Waals surface area contributed by atoms with Crippen LogP contribution in [0.1, 0.15) is 45.5 Å². The maximum atomic E-state index is 13.7. The zero-order valence-electron chi connectivity index (χ0n) is 14.5. The second-order valence-electron chi connectivity index (χ2n) is 6.48. The van der Waals surface area contributed by atoms with Crippen LogP contribution in [-0.2, 0) is 0 Å². The number of aromatic nitrogens is 2. The third-order valence-electron chi connectivity index (χ3n) is 4.48. The molecule has 9 heteroatoms. The van der Waals surface area contributed by atoms with Crippen molar-refractivity contribution in [2.75, 3.05) is 5.43 Å². The minimum atomic E-state index is -1.61. The highest BCUT2D eigenvalue weighted by atomic mass is 32.1. The fourth-order valence-corrected chi connectivity index (χ4v) is 4.04. The summed E-state index contributed by atoms with van der Waals surface area (Å²) in [5, 5.41) is 0.827. The first kappa shape index (κ1) is 17.7. The van der Waals surface area contributed by atoms with Gasteiger partial charge >= 0.3 is 0 Å². The van der Waals surface area contributed by atoms with Gasteiger partial charge in [0.25, 0.3) is 5.91 Å². The van der Waals surface area contributed by atoms with E-state index in [0.717, 1.165) is 52.3 Å². The van der Waals surface area contributed by atoms with Crippen molar-refractivity contribution in [3.63, 3.8) is 0 Å². The Morgan fingerprint density at radius 3 is 2.59 bits per heavy atom. The molecule has 3 aromatic rings. The summed E-state index contributed by atoms with van der Waals surface area (Å²) >= 11 is 1.22. The normalized spacial score (nSPS) is 13.8. The van der Waals surface area contributed by atoms with Crippen molar-refractivity contribution >= 4 is 33.1 Å². The number of aryl methyl sites for hydroxylation is 2. The lowest BCUT2D eigenvalue weighted by atomic mass is 10.1. The number of hydrazine groups is 1. The fraction of sp³-hybridized carbons (Fsp3) is 0.278. The van der Waals surface area contributed by atoms with Crippen molar-refractivity contribution in [1.82, 2.24) is 15.4 Å². The highest BCUT2D eigenvalue weighted by Crippen LogP contribution is 2.40. The number of carbonyl (C=O) groups is 1. The lowest BCUT2D eigenvalue weighted by molar-refractivity contribution is 0.0966. The van der Waals surface area contributed by atoms with Gasteiger partial charge in [0.2, 0.25) is 0 Å². The van der Waals surface area contributed by atoms with Crippen LogP contribution in [0.15, 0.2) is 12.1 Å². The summed E-state index contributed by atoms with van der Waals surface area (Å²) in [5.74, 6) is -3.64. The quantitative estimate of drug-likeness (QED) is 0.511. The number of carbonyl (C=O) groups excluding carboxylic acids is 1. The Morgan fingerprint density at radius 2 is 1.89 bits per heavy atom.